The number of amidine groups is 1. The van der Waals surface area contributed by atoms with Crippen LogP contribution < -0.4 is 0 Å². The molecule has 0 atom stereocenters. The van der Waals surface area contributed by atoms with E-state index in [2.05, 4.69) is 4.99 Å². The Morgan fingerprint density at radius 2 is 2.09 bits per heavy atom. The van der Waals surface area contributed by atoms with Crippen molar-refractivity contribution in [2.75, 3.05) is 13.2 Å². The molecule has 2 rings (SSSR count). The van der Waals surface area contributed by atoms with Gasteiger partial charge in [0.15, 0.2) is 0 Å². The van der Waals surface area contributed by atoms with E-state index in [1.165, 1.54) is 6.07 Å². The van der Waals surface area contributed by atoms with Crippen molar-refractivity contribution in [2.45, 2.75) is 26.7 Å². The lowest BCUT2D eigenvalue weighted by Gasteiger charge is -2.26. The van der Waals surface area contributed by atoms with Crippen molar-refractivity contribution in [1.29, 1.82) is 0 Å². The van der Waals surface area contributed by atoms with Gasteiger partial charge in [-0.25, -0.2) is 9.79 Å². The molecule has 7 nitrogen and oxygen atoms in total. The van der Waals surface area contributed by atoms with Crippen molar-refractivity contribution < 1.29 is 14.5 Å². The lowest BCUT2D eigenvalue weighted by molar-refractivity contribution is -0.384. The Balaban J connectivity index is 2.31. The second-order valence-electron chi connectivity index (χ2n) is 4.93. The number of hydrogen-bond donors (Lipinski definition) is 0. The molecule has 0 bridgehead atoms. The van der Waals surface area contributed by atoms with Crippen LogP contribution >= 0.6 is 0 Å². The van der Waals surface area contributed by atoms with E-state index in [0.717, 1.165) is 0 Å². The van der Waals surface area contributed by atoms with Crippen LogP contribution in [0.1, 0.15) is 26.7 Å². The van der Waals surface area contributed by atoms with Gasteiger partial charge in [-0.2, -0.15) is 0 Å². The summed E-state index contributed by atoms with van der Waals surface area (Å²) in [5, 5.41) is 11.1. The molecule has 1 heterocycles. The van der Waals surface area contributed by atoms with Crippen LogP contribution in [0.2, 0.25) is 0 Å². The molecule has 0 aromatic heterocycles. The second kappa shape index (κ2) is 7.53. The predicted octanol–water partition coefficient (Wildman–Crippen LogP) is 3.19. The van der Waals surface area contributed by atoms with E-state index in [0.29, 0.717) is 43.1 Å². The Labute approximate surface area is 134 Å². The average molecular weight is 317 g/mol. The Morgan fingerprint density at radius 1 is 1.35 bits per heavy atom. The molecule has 0 amide bonds. The lowest BCUT2D eigenvalue weighted by atomic mass is 10.1. The summed E-state index contributed by atoms with van der Waals surface area (Å²) in [6, 6.07) is 6.37. The van der Waals surface area contributed by atoms with Crippen molar-refractivity contribution in [3.63, 3.8) is 0 Å². The van der Waals surface area contributed by atoms with Crippen LogP contribution in [0.4, 0.5) is 11.4 Å². The number of para-hydroxylation sites is 2. The number of nitrogens with zero attached hydrogens (tertiary/aromatic N) is 3. The molecule has 0 unspecified atom stereocenters. The molecule has 23 heavy (non-hydrogen) atoms. The Bertz CT molecular complexity index is 667. The summed E-state index contributed by atoms with van der Waals surface area (Å²) in [6.07, 6.45) is 2.76. The highest BCUT2D eigenvalue weighted by Gasteiger charge is 2.22. The van der Waals surface area contributed by atoms with E-state index < -0.39 is 4.92 Å². The Morgan fingerprint density at radius 3 is 2.74 bits per heavy atom. The van der Waals surface area contributed by atoms with E-state index >= 15 is 0 Å². The maximum absolute atomic E-state index is 11.8. The second-order valence-corrected chi connectivity index (χ2v) is 4.93. The minimum Gasteiger partial charge on any atom is -0.463 e. The van der Waals surface area contributed by atoms with E-state index in [1.807, 2.05) is 11.8 Å². The highest BCUT2D eigenvalue weighted by molar-refractivity contribution is 5.94. The molecule has 1 aliphatic rings. The van der Waals surface area contributed by atoms with Gasteiger partial charge in [0.25, 0.3) is 5.69 Å². The molecule has 7 heteroatoms. The number of aliphatic imine (C=N–C) groups is 1. The van der Waals surface area contributed by atoms with E-state index in [4.69, 9.17) is 4.74 Å². The molecule has 0 fully saturated rings. The van der Waals surface area contributed by atoms with Crippen LogP contribution in [-0.4, -0.2) is 34.8 Å². The van der Waals surface area contributed by atoms with Crippen LogP contribution in [0.5, 0.6) is 0 Å². The van der Waals surface area contributed by atoms with E-state index in [1.54, 1.807) is 31.3 Å². The number of ether oxygens (including phenoxy) is 1. The highest BCUT2D eigenvalue weighted by atomic mass is 16.6. The van der Waals surface area contributed by atoms with Gasteiger partial charge in [0, 0.05) is 25.2 Å². The minimum absolute atomic E-state index is 0.0313. The summed E-state index contributed by atoms with van der Waals surface area (Å²) in [5.74, 6) is 0.380. The third-order valence-electron chi connectivity index (χ3n) is 3.47. The van der Waals surface area contributed by atoms with Gasteiger partial charge < -0.3 is 9.64 Å². The minimum atomic E-state index is -0.446. The quantitative estimate of drug-likeness (QED) is 0.473. The molecule has 122 valence electrons. The number of carbonyl (C=O) groups excluding carboxylic acids is 1. The highest BCUT2D eigenvalue weighted by Crippen LogP contribution is 2.28. The summed E-state index contributed by atoms with van der Waals surface area (Å²) >= 11 is 0. The summed E-state index contributed by atoms with van der Waals surface area (Å²) in [7, 11) is 0. The van der Waals surface area contributed by atoms with E-state index in [9.17, 15) is 14.9 Å². The molecule has 0 radical (unpaired) electrons. The largest absolute Gasteiger partial charge is 0.463 e. The number of benzene rings is 1. The van der Waals surface area contributed by atoms with Crippen LogP contribution in [0, 0.1) is 10.1 Å². The predicted molar refractivity (Wildman–Crippen MR) is 86.5 cm³/mol. The molecule has 1 aromatic rings. The molecular formula is C16H19N3O4. The topological polar surface area (TPSA) is 85.0 Å². The molecule has 0 saturated heterocycles. The first-order chi connectivity index (χ1) is 11.1. The van der Waals surface area contributed by atoms with Crippen LogP contribution in [0.15, 0.2) is 41.0 Å². The summed E-state index contributed by atoms with van der Waals surface area (Å²) in [4.78, 5) is 28.7. The van der Waals surface area contributed by atoms with Gasteiger partial charge in [-0.15, -0.1) is 0 Å². The first kappa shape index (κ1) is 16.7. The maximum atomic E-state index is 11.8. The van der Waals surface area contributed by atoms with Crippen LogP contribution in [0.3, 0.4) is 0 Å². The molecule has 0 N–H and O–H groups in total. The fraction of sp³-hybridized carbons (Fsp3) is 0.375. The van der Waals surface area contributed by atoms with Gasteiger partial charge in [0.05, 0.1) is 17.1 Å². The first-order valence-corrected chi connectivity index (χ1v) is 7.52. The Hall–Kier alpha value is -2.70. The monoisotopic (exact) mass is 317 g/mol. The third-order valence-corrected chi connectivity index (χ3v) is 3.47. The van der Waals surface area contributed by atoms with Gasteiger partial charge in [-0.1, -0.05) is 12.1 Å². The smallest absolute Gasteiger partial charge is 0.335 e. The summed E-state index contributed by atoms with van der Waals surface area (Å²) < 4.78 is 5.02. The van der Waals surface area contributed by atoms with Gasteiger partial charge >= 0.3 is 5.97 Å². The van der Waals surface area contributed by atoms with Crippen molar-refractivity contribution in [1.82, 2.24) is 4.90 Å². The SMILES string of the molecule is CCOC(=O)C1=CN(CC)C(=Nc2ccccc2[N+](=O)[O-])CC1. The van der Waals surface area contributed by atoms with Gasteiger partial charge in [-0.05, 0) is 26.3 Å². The van der Waals surface area contributed by atoms with Gasteiger partial charge in [0.2, 0.25) is 0 Å². The van der Waals surface area contributed by atoms with Crippen molar-refractivity contribution >= 4 is 23.2 Å². The fourth-order valence-corrected chi connectivity index (χ4v) is 2.34. The average Bonchev–Trinajstić information content (AvgIpc) is 2.55. The van der Waals surface area contributed by atoms with Crippen LogP contribution in [-0.2, 0) is 9.53 Å². The van der Waals surface area contributed by atoms with Crippen LogP contribution in [0.25, 0.3) is 0 Å². The number of hydrogen-bond acceptors (Lipinski definition) is 5. The number of nitro groups is 1. The number of esters is 1. The van der Waals surface area contributed by atoms with Crippen molar-refractivity contribution in [3.05, 3.63) is 46.2 Å². The number of rotatable bonds is 5. The van der Waals surface area contributed by atoms with Gasteiger partial charge in [-0.3, -0.25) is 10.1 Å². The molecule has 1 aliphatic heterocycles. The zero-order chi connectivity index (χ0) is 16.8. The number of nitro benzene ring substituents is 1. The zero-order valence-corrected chi connectivity index (χ0v) is 13.2. The summed E-state index contributed by atoms with van der Waals surface area (Å²) in [6.45, 7) is 4.64. The van der Waals surface area contributed by atoms with Crippen molar-refractivity contribution in [3.8, 4) is 0 Å². The molecule has 0 spiro atoms. The molecular weight excluding hydrogens is 298 g/mol. The molecule has 1 aromatic carbocycles. The van der Waals surface area contributed by atoms with E-state index in [-0.39, 0.29) is 11.7 Å². The third kappa shape index (κ3) is 3.94. The lowest BCUT2D eigenvalue weighted by Crippen LogP contribution is -2.31. The first-order valence-electron chi connectivity index (χ1n) is 7.52. The van der Waals surface area contributed by atoms with Crippen molar-refractivity contribution in [2.24, 2.45) is 4.99 Å². The molecule has 0 saturated carbocycles. The zero-order valence-electron chi connectivity index (χ0n) is 13.2. The Kier molecular flexibility index (Phi) is 5.46. The normalized spacial score (nSPS) is 16.2. The molecule has 0 aliphatic carbocycles. The fourth-order valence-electron chi connectivity index (χ4n) is 2.34. The number of carbonyl (C=O) groups is 1. The maximum Gasteiger partial charge on any atom is 0.335 e. The standard InChI is InChI=1S/C16H19N3O4/c1-3-18-11-12(16(20)23-4-2)9-10-15(18)17-13-7-5-6-8-14(13)19(21)22/h5-8,11H,3-4,9-10H2,1-2H3. The van der Waals surface area contributed by atoms with Gasteiger partial charge in [0.1, 0.15) is 11.5 Å². The summed E-state index contributed by atoms with van der Waals surface area (Å²) in [5.41, 5.74) is 0.880.